The molecule has 2 N–H and O–H groups in total. The Bertz CT molecular complexity index is 580. The zero-order valence-corrected chi connectivity index (χ0v) is 19.7. The van der Waals surface area contributed by atoms with E-state index in [4.69, 9.17) is 0 Å². The SMILES string of the molecule is CN=C(NCCCN1CCCCCC1)NCc1ccnc(N2CCCC2)c1.I. The van der Waals surface area contributed by atoms with Gasteiger partial charge in [-0.15, -0.1) is 24.0 Å². The highest BCUT2D eigenvalue weighted by Gasteiger charge is 2.13. The van der Waals surface area contributed by atoms with Crippen molar-refractivity contribution < 1.29 is 0 Å². The zero-order chi connectivity index (χ0) is 18.7. The van der Waals surface area contributed by atoms with Gasteiger partial charge in [-0.25, -0.2) is 4.98 Å². The molecular weight excluding hydrogens is 463 g/mol. The second kappa shape index (κ2) is 13.2. The van der Waals surface area contributed by atoms with Gasteiger partial charge in [0.15, 0.2) is 5.96 Å². The first-order valence-electron chi connectivity index (χ1n) is 10.7. The fourth-order valence-corrected chi connectivity index (χ4v) is 3.97. The van der Waals surface area contributed by atoms with Crippen molar-refractivity contribution in [1.82, 2.24) is 20.5 Å². The largest absolute Gasteiger partial charge is 0.357 e. The third-order valence-corrected chi connectivity index (χ3v) is 5.57. The van der Waals surface area contributed by atoms with Crippen LogP contribution in [0.3, 0.4) is 0 Å². The second-order valence-corrected chi connectivity index (χ2v) is 7.68. The van der Waals surface area contributed by atoms with Crippen LogP contribution in [0.2, 0.25) is 0 Å². The highest BCUT2D eigenvalue weighted by molar-refractivity contribution is 14.0. The molecule has 0 radical (unpaired) electrons. The topological polar surface area (TPSA) is 55.8 Å². The summed E-state index contributed by atoms with van der Waals surface area (Å²) in [5.74, 6) is 1.98. The molecule has 3 heterocycles. The average molecular weight is 500 g/mol. The molecule has 28 heavy (non-hydrogen) atoms. The van der Waals surface area contributed by atoms with E-state index >= 15 is 0 Å². The molecule has 0 bridgehead atoms. The first-order chi connectivity index (χ1) is 13.3. The number of halogens is 1. The number of pyridine rings is 1. The third kappa shape index (κ3) is 7.73. The minimum Gasteiger partial charge on any atom is -0.357 e. The lowest BCUT2D eigenvalue weighted by Crippen LogP contribution is -2.38. The van der Waals surface area contributed by atoms with Crippen LogP contribution < -0.4 is 15.5 Å². The monoisotopic (exact) mass is 500 g/mol. The summed E-state index contributed by atoms with van der Waals surface area (Å²) in [6.07, 6.45) is 11.2. The van der Waals surface area contributed by atoms with E-state index in [2.05, 4.69) is 42.5 Å². The van der Waals surface area contributed by atoms with E-state index in [0.29, 0.717) is 0 Å². The van der Waals surface area contributed by atoms with E-state index < -0.39 is 0 Å². The van der Waals surface area contributed by atoms with E-state index in [1.54, 1.807) is 0 Å². The first kappa shape index (κ1) is 23.2. The molecule has 2 saturated heterocycles. The Balaban J connectivity index is 0.00000280. The Morgan fingerprint density at radius 1 is 1.04 bits per heavy atom. The van der Waals surface area contributed by atoms with Gasteiger partial charge in [0.1, 0.15) is 5.82 Å². The Labute approximate surface area is 187 Å². The van der Waals surface area contributed by atoms with Crippen molar-refractivity contribution in [2.75, 3.05) is 51.2 Å². The van der Waals surface area contributed by atoms with Gasteiger partial charge in [-0.2, -0.15) is 0 Å². The van der Waals surface area contributed by atoms with Gasteiger partial charge < -0.3 is 20.4 Å². The summed E-state index contributed by atoms with van der Waals surface area (Å²) >= 11 is 0. The minimum absolute atomic E-state index is 0. The van der Waals surface area contributed by atoms with Gasteiger partial charge in [0.25, 0.3) is 0 Å². The fourth-order valence-electron chi connectivity index (χ4n) is 3.97. The van der Waals surface area contributed by atoms with Crippen LogP contribution >= 0.6 is 24.0 Å². The van der Waals surface area contributed by atoms with E-state index in [-0.39, 0.29) is 24.0 Å². The van der Waals surface area contributed by atoms with Gasteiger partial charge >= 0.3 is 0 Å². The quantitative estimate of drug-likeness (QED) is 0.261. The molecule has 0 saturated carbocycles. The van der Waals surface area contributed by atoms with Crippen LogP contribution in [-0.4, -0.2) is 62.2 Å². The standard InChI is InChI=1S/C21H36N6.HI/c1-22-21(24-10-8-14-26-12-4-2-3-5-13-26)25-18-19-9-11-23-20(17-19)27-15-6-7-16-27;/h9,11,17H,2-8,10,12-16,18H2,1H3,(H2,22,24,25);1H. The molecular formula is C21H37IN6. The Morgan fingerprint density at radius 3 is 2.46 bits per heavy atom. The highest BCUT2D eigenvalue weighted by Crippen LogP contribution is 2.18. The van der Waals surface area contributed by atoms with Crippen molar-refractivity contribution in [3.8, 4) is 0 Å². The highest BCUT2D eigenvalue weighted by atomic mass is 127. The van der Waals surface area contributed by atoms with Crippen molar-refractivity contribution in [3.05, 3.63) is 23.9 Å². The molecule has 3 rings (SSSR count). The Kier molecular flexibility index (Phi) is 10.9. The lowest BCUT2D eigenvalue weighted by atomic mass is 10.2. The Hall–Kier alpha value is -1.09. The molecule has 1 aromatic rings. The number of hydrogen-bond acceptors (Lipinski definition) is 4. The fraction of sp³-hybridized carbons (Fsp3) is 0.714. The number of likely N-dealkylation sites (tertiary alicyclic amines) is 1. The van der Waals surface area contributed by atoms with Gasteiger partial charge in [0.2, 0.25) is 0 Å². The zero-order valence-electron chi connectivity index (χ0n) is 17.3. The molecule has 2 fully saturated rings. The smallest absolute Gasteiger partial charge is 0.191 e. The molecule has 0 atom stereocenters. The molecule has 0 spiro atoms. The molecule has 0 aliphatic carbocycles. The number of nitrogens with zero attached hydrogens (tertiary/aromatic N) is 4. The van der Waals surface area contributed by atoms with Gasteiger partial charge in [-0.3, -0.25) is 4.99 Å². The van der Waals surface area contributed by atoms with Gasteiger partial charge in [-0.1, -0.05) is 12.8 Å². The van der Waals surface area contributed by atoms with Crippen LogP contribution in [0.25, 0.3) is 0 Å². The lowest BCUT2D eigenvalue weighted by molar-refractivity contribution is 0.282. The number of aromatic nitrogens is 1. The summed E-state index contributed by atoms with van der Waals surface area (Å²) in [6.45, 7) is 7.73. The number of anilines is 1. The molecule has 158 valence electrons. The van der Waals surface area contributed by atoms with Gasteiger partial charge in [0, 0.05) is 39.4 Å². The minimum atomic E-state index is 0. The maximum atomic E-state index is 4.53. The summed E-state index contributed by atoms with van der Waals surface area (Å²) in [4.78, 5) is 13.9. The third-order valence-electron chi connectivity index (χ3n) is 5.57. The predicted octanol–water partition coefficient (Wildman–Crippen LogP) is 3.23. The number of guanidine groups is 1. The summed E-state index contributed by atoms with van der Waals surface area (Å²) < 4.78 is 0. The van der Waals surface area contributed by atoms with Crippen LogP contribution in [0.4, 0.5) is 5.82 Å². The first-order valence-corrected chi connectivity index (χ1v) is 10.7. The van der Waals surface area contributed by atoms with Crippen LogP contribution in [0.5, 0.6) is 0 Å². The molecule has 0 amide bonds. The lowest BCUT2D eigenvalue weighted by Gasteiger charge is -2.20. The van der Waals surface area contributed by atoms with Crippen molar-refractivity contribution in [2.24, 2.45) is 4.99 Å². The van der Waals surface area contributed by atoms with Crippen LogP contribution in [-0.2, 0) is 6.54 Å². The summed E-state index contributed by atoms with van der Waals surface area (Å²) in [5, 5.41) is 6.88. The van der Waals surface area contributed by atoms with Crippen molar-refractivity contribution in [1.29, 1.82) is 0 Å². The maximum Gasteiger partial charge on any atom is 0.191 e. The molecule has 2 aliphatic rings. The van der Waals surface area contributed by atoms with E-state index in [9.17, 15) is 0 Å². The van der Waals surface area contributed by atoms with Crippen molar-refractivity contribution >= 4 is 35.8 Å². The van der Waals surface area contributed by atoms with E-state index in [1.165, 1.54) is 63.7 Å². The molecule has 2 aliphatic heterocycles. The number of rotatable bonds is 7. The van der Waals surface area contributed by atoms with Crippen LogP contribution in [0, 0.1) is 0 Å². The number of hydrogen-bond donors (Lipinski definition) is 2. The molecule has 0 unspecified atom stereocenters. The van der Waals surface area contributed by atoms with Crippen LogP contribution in [0.1, 0.15) is 50.5 Å². The van der Waals surface area contributed by atoms with Crippen molar-refractivity contribution in [2.45, 2.75) is 51.5 Å². The maximum absolute atomic E-state index is 4.53. The average Bonchev–Trinajstić information content (AvgIpc) is 3.12. The normalized spacial score (nSPS) is 18.5. The summed E-state index contributed by atoms with van der Waals surface area (Å²) in [6, 6.07) is 4.28. The van der Waals surface area contributed by atoms with Gasteiger partial charge in [-0.05, 0) is 69.4 Å². The molecule has 1 aromatic heterocycles. The Morgan fingerprint density at radius 2 is 1.75 bits per heavy atom. The molecule has 7 heteroatoms. The van der Waals surface area contributed by atoms with Crippen molar-refractivity contribution in [3.63, 3.8) is 0 Å². The molecule has 6 nitrogen and oxygen atoms in total. The summed E-state index contributed by atoms with van der Waals surface area (Å²) in [5.41, 5.74) is 1.25. The number of aliphatic imine (C=N–C) groups is 1. The second-order valence-electron chi connectivity index (χ2n) is 7.68. The number of nitrogens with one attached hydrogen (secondary N) is 2. The summed E-state index contributed by atoms with van der Waals surface area (Å²) in [7, 11) is 1.84. The molecule has 0 aromatic carbocycles. The van der Waals surface area contributed by atoms with E-state index in [1.807, 2.05) is 13.2 Å². The van der Waals surface area contributed by atoms with E-state index in [0.717, 1.165) is 44.4 Å². The predicted molar refractivity (Wildman–Crippen MR) is 129 cm³/mol. The van der Waals surface area contributed by atoms with Gasteiger partial charge in [0.05, 0.1) is 0 Å². The van der Waals surface area contributed by atoms with Crippen LogP contribution in [0.15, 0.2) is 23.3 Å².